The van der Waals surface area contributed by atoms with Gasteiger partial charge in [-0.3, -0.25) is 0 Å². The normalized spacial score (nSPS) is 9.71. The molecule has 0 atom stereocenters. The summed E-state index contributed by atoms with van der Waals surface area (Å²) in [7, 11) is 0. The molecule has 0 aliphatic heterocycles. The van der Waals surface area contributed by atoms with Crippen molar-refractivity contribution in [3.8, 4) is 17.5 Å². The molecular formula is C10H6BrN3. The van der Waals surface area contributed by atoms with Crippen molar-refractivity contribution in [2.24, 2.45) is 0 Å². The molecule has 68 valence electrons. The Labute approximate surface area is 89.5 Å². The van der Waals surface area contributed by atoms with Gasteiger partial charge >= 0.3 is 0 Å². The molecule has 0 radical (unpaired) electrons. The molecule has 0 aliphatic carbocycles. The lowest BCUT2D eigenvalue weighted by Crippen LogP contribution is -1.83. The van der Waals surface area contributed by atoms with E-state index in [1.165, 1.54) is 0 Å². The number of aromatic amines is 1. The van der Waals surface area contributed by atoms with Gasteiger partial charge in [0.05, 0.1) is 11.6 Å². The van der Waals surface area contributed by atoms with Crippen molar-refractivity contribution in [1.29, 1.82) is 5.26 Å². The molecule has 4 heteroatoms. The largest absolute Gasteiger partial charge is 0.345 e. The highest BCUT2D eigenvalue weighted by Crippen LogP contribution is 2.21. The predicted molar refractivity (Wildman–Crippen MR) is 56.4 cm³/mol. The lowest BCUT2D eigenvalue weighted by molar-refractivity contribution is 1.30. The number of imidazole rings is 1. The molecule has 0 bridgehead atoms. The molecule has 1 heterocycles. The van der Waals surface area contributed by atoms with Crippen molar-refractivity contribution in [3.05, 3.63) is 40.6 Å². The highest BCUT2D eigenvalue weighted by molar-refractivity contribution is 9.10. The van der Waals surface area contributed by atoms with Gasteiger partial charge in [-0.25, -0.2) is 4.98 Å². The molecule has 0 unspecified atom stereocenters. The van der Waals surface area contributed by atoms with Crippen molar-refractivity contribution in [1.82, 2.24) is 9.97 Å². The first-order valence-electron chi connectivity index (χ1n) is 4.00. The van der Waals surface area contributed by atoms with Crippen molar-refractivity contribution in [2.45, 2.75) is 0 Å². The SMILES string of the molecule is N#Cc1cc(Br)cc(-c2ncc[nH]2)c1. The summed E-state index contributed by atoms with van der Waals surface area (Å²) in [5.74, 6) is 0.766. The number of rotatable bonds is 1. The summed E-state index contributed by atoms with van der Waals surface area (Å²) in [5.41, 5.74) is 1.52. The van der Waals surface area contributed by atoms with E-state index >= 15 is 0 Å². The number of hydrogen-bond donors (Lipinski definition) is 1. The number of nitrogens with one attached hydrogen (secondary N) is 1. The van der Waals surface area contributed by atoms with Crippen molar-refractivity contribution < 1.29 is 0 Å². The van der Waals surface area contributed by atoms with Gasteiger partial charge in [0.2, 0.25) is 0 Å². The molecule has 1 aromatic carbocycles. The molecule has 0 saturated carbocycles. The van der Waals surface area contributed by atoms with Gasteiger partial charge in [0, 0.05) is 22.4 Å². The minimum atomic E-state index is 0.616. The maximum Gasteiger partial charge on any atom is 0.137 e. The van der Waals surface area contributed by atoms with Crippen LogP contribution in [0.2, 0.25) is 0 Å². The van der Waals surface area contributed by atoms with Crippen LogP contribution < -0.4 is 0 Å². The zero-order chi connectivity index (χ0) is 9.97. The molecule has 0 aliphatic rings. The van der Waals surface area contributed by atoms with Crippen LogP contribution in [0.15, 0.2) is 35.1 Å². The molecule has 2 rings (SSSR count). The van der Waals surface area contributed by atoms with Gasteiger partial charge in [-0.15, -0.1) is 0 Å². The summed E-state index contributed by atoms with van der Waals surface area (Å²) in [6.45, 7) is 0. The van der Waals surface area contributed by atoms with Crippen molar-refractivity contribution >= 4 is 15.9 Å². The van der Waals surface area contributed by atoms with Crippen LogP contribution >= 0.6 is 15.9 Å². The van der Waals surface area contributed by atoms with Gasteiger partial charge in [-0.1, -0.05) is 15.9 Å². The van der Waals surface area contributed by atoms with Crippen LogP contribution in [-0.4, -0.2) is 9.97 Å². The van der Waals surface area contributed by atoms with E-state index in [1.54, 1.807) is 24.5 Å². The van der Waals surface area contributed by atoms with Crippen LogP contribution in [-0.2, 0) is 0 Å². The van der Waals surface area contributed by atoms with Crippen LogP contribution in [0.3, 0.4) is 0 Å². The zero-order valence-electron chi connectivity index (χ0n) is 7.16. The van der Waals surface area contributed by atoms with E-state index in [-0.39, 0.29) is 0 Å². The average Bonchev–Trinajstić information content (AvgIpc) is 2.69. The summed E-state index contributed by atoms with van der Waals surface area (Å²) in [6, 6.07) is 7.58. The summed E-state index contributed by atoms with van der Waals surface area (Å²) in [4.78, 5) is 7.11. The van der Waals surface area contributed by atoms with E-state index in [9.17, 15) is 0 Å². The lowest BCUT2D eigenvalue weighted by Gasteiger charge is -1.98. The number of aromatic nitrogens is 2. The van der Waals surface area contributed by atoms with Crippen LogP contribution in [0.4, 0.5) is 0 Å². The van der Waals surface area contributed by atoms with Gasteiger partial charge < -0.3 is 4.98 Å². The second-order valence-corrected chi connectivity index (χ2v) is 3.69. The third kappa shape index (κ3) is 1.68. The van der Waals surface area contributed by atoms with Crippen molar-refractivity contribution in [2.75, 3.05) is 0 Å². The van der Waals surface area contributed by atoms with E-state index in [4.69, 9.17) is 5.26 Å². The Morgan fingerprint density at radius 3 is 2.86 bits per heavy atom. The standard InChI is InChI=1S/C10H6BrN3/c11-9-4-7(6-12)3-8(5-9)10-13-1-2-14-10/h1-5H,(H,13,14). The topological polar surface area (TPSA) is 52.5 Å². The molecule has 1 N–H and O–H groups in total. The summed E-state index contributed by atoms with van der Waals surface area (Å²) >= 11 is 3.35. The quantitative estimate of drug-likeness (QED) is 0.843. The molecule has 0 saturated heterocycles. The summed E-state index contributed by atoms with van der Waals surface area (Å²) in [6.07, 6.45) is 3.44. The fourth-order valence-electron chi connectivity index (χ4n) is 1.21. The van der Waals surface area contributed by atoms with Crippen molar-refractivity contribution in [3.63, 3.8) is 0 Å². The molecule has 0 fully saturated rings. The van der Waals surface area contributed by atoms with Crippen LogP contribution in [0, 0.1) is 11.3 Å². The number of benzene rings is 1. The first kappa shape index (κ1) is 8.97. The fraction of sp³-hybridized carbons (Fsp3) is 0. The number of halogens is 1. The second kappa shape index (κ2) is 3.64. The monoisotopic (exact) mass is 247 g/mol. The fourth-order valence-corrected chi connectivity index (χ4v) is 1.71. The minimum absolute atomic E-state index is 0.616. The van der Waals surface area contributed by atoms with Crippen LogP contribution in [0.1, 0.15) is 5.56 Å². The van der Waals surface area contributed by atoms with Crippen LogP contribution in [0.25, 0.3) is 11.4 Å². The summed E-state index contributed by atoms with van der Waals surface area (Å²) in [5, 5.41) is 8.78. The van der Waals surface area contributed by atoms with Gasteiger partial charge in [-0.05, 0) is 18.2 Å². The molecule has 0 amide bonds. The lowest BCUT2D eigenvalue weighted by atomic mass is 10.1. The third-order valence-corrected chi connectivity index (χ3v) is 2.26. The van der Waals surface area contributed by atoms with E-state index in [2.05, 4.69) is 32.0 Å². The van der Waals surface area contributed by atoms with E-state index in [0.29, 0.717) is 5.56 Å². The summed E-state index contributed by atoms with van der Waals surface area (Å²) < 4.78 is 0.878. The Balaban J connectivity index is 2.55. The number of nitriles is 1. The number of H-pyrrole nitrogens is 1. The molecule has 3 nitrogen and oxygen atoms in total. The maximum atomic E-state index is 8.78. The van der Waals surface area contributed by atoms with Gasteiger partial charge in [0.25, 0.3) is 0 Å². The molecule has 0 spiro atoms. The second-order valence-electron chi connectivity index (χ2n) is 2.78. The Hall–Kier alpha value is -1.60. The average molecular weight is 248 g/mol. The number of hydrogen-bond acceptors (Lipinski definition) is 2. The highest BCUT2D eigenvalue weighted by Gasteiger charge is 2.02. The Bertz CT molecular complexity index is 483. The first-order valence-corrected chi connectivity index (χ1v) is 4.79. The first-order chi connectivity index (χ1) is 6.79. The van der Waals surface area contributed by atoms with Gasteiger partial charge in [0.1, 0.15) is 5.82 Å². The zero-order valence-corrected chi connectivity index (χ0v) is 8.75. The molecule has 1 aromatic heterocycles. The van der Waals surface area contributed by atoms with Crippen LogP contribution in [0.5, 0.6) is 0 Å². The molecular weight excluding hydrogens is 242 g/mol. The van der Waals surface area contributed by atoms with Gasteiger partial charge in [0.15, 0.2) is 0 Å². The smallest absolute Gasteiger partial charge is 0.137 e. The van der Waals surface area contributed by atoms with Gasteiger partial charge in [-0.2, -0.15) is 5.26 Å². The molecule has 2 aromatic rings. The Morgan fingerprint density at radius 1 is 1.36 bits per heavy atom. The van der Waals surface area contributed by atoms with E-state index in [0.717, 1.165) is 15.9 Å². The Morgan fingerprint density at radius 2 is 2.21 bits per heavy atom. The minimum Gasteiger partial charge on any atom is -0.345 e. The van der Waals surface area contributed by atoms with E-state index in [1.807, 2.05) is 6.07 Å². The third-order valence-electron chi connectivity index (χ3n) is 1.80. The highest BCUT2D eigenvalue weighted by atomic mass is 79.9. The van der Waals surface area contributed by atoms with E-state index < -0.39 is 0 Å². The molecule has 14 heavy (non-hydrogen) atoms. The predicted octanol–water partition coefficient (Wildman–Crippen LogP) is 2.71. The number of nitrogens with zero attached hydrogens (tertiary/aromatic N) is 2. The Kier molecular flexibility index (Phi) is 2.33. The maximum absolute atomic E-state index is 8.78.